The first-order chi connectivity index (χ1) is 11.6. The maximum atomic E-state index is 6.02. The molecule has 0 aliphatic carbocycles. The Morgan fingerprint density at radius 3 is 2.46 bits per heavy atom. The molecule has 0 spiro atoms. The molecule has 2 nitrogen and oxygen atoms in total. The highest BCUT2D eigenvalue weighted by molar-refractivity contribution is 7.22. The van der Waals surface area contributed by atoms with Crippen LogP contribution in [0.2, 0.25) is 10.2 Å². The Kier molecular flexibility index (Phi) is 4.01. The van der Waals surface area contributed by atoms with E-state index >= 15 is 0 Å². The van der Waals surface area contributed by atoms with Gasteiger partial charge in [-0.1, -0.05) is 41.4 Å². The molecule has 2 heterocycles. The Morgan fingerprint density at radius 1 is 0.917 bits per heavy atom. The Morgan fingerprint density at radius 2 is 1.71 bits per heavy atom. The van der Waals surface area contributed by atoms with Crippen LogP contribution < -0.4 is 0 Å². The molecule has 0 saturated carbocycles. The molecular weight excluding hydrogens is 359 g/mol. The first kappa shape index (κ1) is 15.6. The zero-order valence-corrected chi connectivity index (χ0v) is 15.1. The summed E-state index contributed by atoms with van der Waals surface area (Å²) in [4.78, 5) is 9.13. The minimum Gasteiger partial charge on any atom is -0.234 e. The summed E-state index contributed by atoms with van der Waals surface area (Å²) in [6.07, 6.45) is 0. The molecule has 0 bridgehead atoms. The second kappa shape index (κ2) is 6.17. The maximum absolute atomic E-state index is 6.02. The van der Waals surface area contributed by atoms with E-state index in [2.05, 4.69) is 24.0 Å². The average Bonchev–Trinajstić information content (AvgIpc) is 2.99. The third-order valence-corrected chi connectivity index (χ3v) is 5.31. The van der Waals surface area contributed by atoms with Crippen LogP contribution in [0, 0.1) is 6.92 Å². The highest BCUT2D eigenvalue weighted by Gasteiger charge is 2.13. The molecule has 0 aliphatic rings. The van der Waals surface area contributed by atoms with Crippen LogP contribution in [0.5, 0.6) is 0 Å². The van der Waals surface area contributed by atoms with Crippen LogP contribution >= 0.6 is 34.5 Å². The lowest BCUT2D eigenvalue weighted by atomic mass is 10.0. The third-order valence-electron chi connectivity index (χ3n) is 3.72. The molecule has 0 fully saturated rings. The summed E-state index contributed by atoms with van der Waals surface area (Å²) < 4.78 is 1.14. The monoisotopic (exact) mass is 370 g/mol. The molecule has 118 valence electrons. The number of nitrogens with zero attached hydrogens (tertiary/aromatic N) is 2. The van der Waals surface area contributed by atoms with Gasteiger partial charge in [0.25, 0.3) is 0 Å². The lowest BCUT2D eigenvalue weighted by molar-refractivity contribution is 1.30. The topological polar surface area (TPSA) is 25.8 Å². The van der Waals surface area contributed by atoms with E-state index in [9.17, 15) is 0 Å². The molecule has 2 aromatic carbocycles. The Balaban J connectivity index is 1.93. The zero-order valence-electron chi connectivity index (χ0n) is 12.8. The van der Waals surface area contributed by atoms with Crippen molar-refractivity contribution in [3.8, 4) is 21.8 Å². The number of fused-ring (bicyclic) bond motifs is 1. The number of aryl methyl sites for hydroxylation is 1. The fourth-order valence-electron chi connectivity index (χ4n) is 2.65. The van der Waals surface area contributed by atoms with Crippen molar-refractivity contribution in [2.24, 2.45) is 0 Å². The number of thiazole rings is 1. The van der Waals surface area contributed by atoms with Crippen molar-refractivity contribution in [2.75, 3.05) is 0 Å². The van der Waals surface area contributed by atoms with Crippen molar-refractivity contribution in [1.82, 2.24) is 9.97 Å². The number of pyridine rings is 1. The van der Waals surface area contributed by atoms with Crippen LogP contribution in [0.3, 0.4) is 0 Å². The standard InChI is InChI=1S/C19H12Cl2N2S/c1-11-9-14(12-5-7-13(20)8-6-12)18-16(10-11)23-19(24-18)15-3-2-4-17(21)22-15/h2-10H,1H3. The van der Waals surface area contributed by atoms with Gasteiger partial charge in [0, 0.05) is 10.6 Å². The van der Waals surface area contributed by atoms with E-state index in [4.69, 9.17) is 28.2 Å². The molecule has 0 amide bonds. The van der Waals surface area contributed by atoms with Crippen LogP contribution in [0.15, 0.2) is 54.6 Å². The molecule has 5 heteroatoms. The van der Waals surface area contributed by atoms with E-state index in [1.54, 1.807) is 17.4 Å². The van der Waals surface area contributed by atoms with E-state index in [0.717, 1.165) is 37.1 Å². The SMILES string of the molecule is Cc1cc(-c2ccc(Cl)cc2)c2sc(-c3cccc(Cl)n3)nc2c1. The first-order valence-electron chi connectivity index (χ1n) is 7.40. The summed E-state index contributed by atoms with van der Waals surface area (Å²) in [5, 5.41) is 2.07. The molecule has 0 N–H and O–H groups in total. The Bertz CT molecular complexity index is 1040. The lowest BCUT2D eigenvalue weighted by Gasteiger charge is -2.05. The van der Waals surface area contributed by atoms with E-state index in [1.807, 2.05) is 36.4 Å². The minimum absolute atomic E-state index is 0.473. The molecule has 4 rings (SSSR count). The summed E-state index contributed by atoms with van der Waals surface area (Å²) in [6.45, 7) is 2.08. The van der Waals surface area contributed by atoms with Gasteiger partial charge in [-0.3, -0.25) is 0 Å². The van der Waals surface area contributed by atoms with Crippen molar-refractivity contribution < 1.29 is 0 Å². The fraction of sp³-hybridized carbons (Fsp3) is 0.0526. The molecule has 0 atom stereocenters. The fourth-order valence-corrected chi connectivity index (χ4v) is 4.00. The lowest BCUT2D eigenvalue weighted by Crippen LogP contribution is -1.82. The van der Waals surface area contributed by atoms with Crippen molar-refractivity contribution in [1.29, 1.82) is 0 Å². The molecule has 4 aromatic rings. The van der Waals surface area contributed by atoms with Gasteiger partial charge in [0.05, 0.1) is 10.2 Å². The number of rotatable bonds is 2. The van der Waals surface area contributed by atoms with Gasteiger partial charge in [-0.2, -0.15) is 0 Å². The van der Waals surface area contributed by atoms with Crippen molar-refractivity contribution in [3.63, 3.8) is 0 Å². The number of aromatic nitrogens is 2. The van der Waals surface area contributed by atoms with Gasteiger partial charge in [0.15, 0.2) is 0 Å². The second-order valence-corrected chi connectivity index (χ2v) is 7.35. The van der Waals surface area contributed by atoms with Gasteiger partial charge < -0.3 is 0 Å². The van der Waals surface area contributed by atoms with Gasteiger partial charge in [0.1, 0.15) is 15.9 Å². The molecular formula is C19H12Cl2N2S. The minimum atomic E-state index is 0.473. The average molecular weight is 371 g/mol. The largest absolute Gasteiger partial charge is 0.234 e. The van der Waals surface area contributed by atoms with Crippen molar-refractivity contribution >= 4 is 44.8 Å². The van der Waals surface area contributed by atoms with E-state index < -0.39 is 0 Å². The maximum Gasteiger partial charge on any atom is 0.143 e. The second-order valence-electron chi connectivity index (χ2n) is 5.53. The molecule has 2 aromatic heterocycles. The van der Waals surface area contributed by atoms with E-state index in [-0.39, 0.29) is 0 Å². The zero-order chi connectivity index (χ0) is 16.7. The molecule has 24 heavy (non-hydrogen) atoms. The summed E-state index contributed by atoms with van der Waals surface area (Å²) >= 11 is 13.7. The van der Waals surface area contributed by atoms with Gasteiger partial charge in [-0.15, -0.1) is 11.3 Å². The van der Waals surface area contributed by atoms with E-state index in [0.29, 0.717) is 5.15 Å². The summed E-state index contributed by atoms with van der Waals surface area (Å²) in [7, 11) is 0. The smallest absolute Gasteiger partial charge is 0.143 e. The van der Waals surface area contributed by atoms with Gasteiger partial charge in [-0.25, -0.2) is 9.97 Å². The van der Waals surface area contributed by atoms with E-state index in [1.165, 1.54) is 5.56 Å². The Labute approximate surface area is 153 Å². The number of halogens is 2. The number of benzene rings is 2. The van der Waals surface area contributed by atoms with Crippen LogP contribution in [-0.4, -0.2) is 9.97 Å². The highest BCUT2D eigenvalue weighted by atomic mass is 35.5. The van der Waals surface area contributed by atoms with Gasteiger partial charge in [0.2, 0.25) is 0 Å². The van der Waals surface area contributed by atoms with Crippen LogP contribution in [0.4, 0.5) is 0 Å². The normalized spacial score (nSPS) is 11.1. The van der Waals surface area contributed by atoms with Crippen molar-refractivity contribution in [3.05, 3.63) is 70.3 Å². The Hall–Kier alpha value is -1.94. The van der Waals surface area contributed by atoms with Crippen LogP contribution in [-0.2, 0) is 0 Å². The van der Waals surface area contributed by atoms with Crippen LogP contribution in [0.25, 0.3) is 32.0 Å². The predicted molar refractivity (Wildman–Crippen MR) is 103 cm³/mol. The molecule has 0 radical (unpaired) electrons. The summed E-state index contributed by atoms with van der Waals surface area (Å²) in [6, 6.07) is 17.7. The van der Waals surface area contributed by atoms with Crippen LogP contribution in [0.1, 0.15) is 5.56 Å². The van der Waals surface area contributed by atoms with Gasteiger partial charge in [-0.05, 0) is 54.4 Å². The van der Waals surface area contributed by atoms with Crippen molar-refractivity contribution in [2.45, 2.75) is 6.92 Å². The number of hydrogen-bond donors (Lipinski definition) is 0. The highest BCUT2D eigenvalue weighted by Crippen LogP contribution is 2.37. The summed E-state index contributed by atoms with van der Waals surface area (Å²) in [5.41, 5.74) is 5.23. The molecule has 0 saturated heterocycles. The quantitative estimate of drug-likeness (QED) is 0.369. The molecule has 0 aliphatic heterocycles. The predicted octanol–water partition coefficient (Wildman–Crippen LogP) is 6.64. The first-order valence-corrected chi connectivity index (χ1v) is 8.97. The third kappa shape index (κ3) is 2.91. The molecule has 0 unspecified atom stereocenters. The summed E-state index contributed by atoms with van der Waals surface area (Å²) in [5.74, 6) is 0. The number of hydrogen-bond acceptors (Lipinski definition) is 3. The van der Waals surface area contributed by atoms with Gasteiger partial charge >= 0.3 is 0 Å².